The summed E-state index contributed by atoms with van der Waals surface area (Å²) >= 11 is 0. The number of nitro groups is 1. The Bertz CT molecular complexity index is 1180. The zero-order valence-corrected chi connectivity index (χ0v) is 16.0. The minimum absolute atomic E-state index is 0.00683. The summed E-state index contributed by atoms with van der Waals surface area (Å²) in [5.74, 6) is -1.28. The van der Waals surface area contributed by atoms with Crippen LogP contribution in [-0.2, 0) is 4.74 Å². The second-order valence-electron chi connectivity index (χ2n) is 6.49. The van der Waals surface area contributed by atoms with E-state index < -0.39 is 22.4 Å². The third-order valence-electron chi connectivity index (χ3n) is 4.37. The highest BCUT2D eigenvalue weighted by molar-refractivity contribution is 5.96. The molecule has 3 aromatic rings. The maximum absolute atomic E-state index is 12.2. The Morgan fingerprint density at radius 3 is 2.70 bits per heavy atom. The van der Waals surface area contributed by atoms with E-state index in [2.05, 4.69) is 5.32 Å². The maximum Gasteiger partial charge on any atom is 0.349 e. The number of esters is 1. The first-order valence-corrected chi connectivity index (χ1v) is 9.10. The number of hydrogen-bond donors (Lipinski definition) is 1. The molecule has 1 amide bonds. The second-order valence-corrected chi connectivity index (χ2v) is 6.49. The van der Waals surface area contributed by atoms with Gasteiger partial charge in [0.2, 0.25) is 0 Å². The van der Waals surface area contributed by atoms with Gasteiger partial charge in [-0.05, 0) is 31.5 Å². The molecular weight excluding hydrogens is 392 g/mol. The Balaban J connectivity index is 1.51. The normalized spacial score (nSPS) is 10.6. The lowest BCUT2D eigenvalue weighted by molar-refractivity contribution is -0.385. The molecule has 30 heavy (non-hydrogen) atoms. The van der Waals surface area contributed by atoms with E-state index in [4.69, 9.17) is 9.15 Å². The first kappa shape index (κ1) is 20.7. The van der Waals surface area contributed by atoms with Crippen LogP contribution in [0.2, 0.25) is 0 Å². The molecule has 0 aliphatic rings. The number of nitro benzene ring substituents is 1. The number of ether oxygens (including phenoxy) is 1. The summed E-state index contributed by atoms with van der Waals surface area (Å²) < 4.78 is 10.2. The standard InChI is InChI=1S/C21H18N2O7/c1-13-7-8-15(12-17(13)23(27)28)20(25)29-10-4-9-22-19(24)16-11-14-5-2-3-6-18(14)30-21(16)26/h2-3,5-8,11-12H,4,9-10H2,1H3,(H,22,24). The van der Waals surface area contributed by atoms with Crippen molar-refractivity contribution in [3.8, 4) is 0 Å². The van der Waals surface area contributed by atoms with Gasteiger partial charge in [-0.3, -0.25) is 14.9 Å². The van der Waals surface area contributed by atoms with Crippen LogP contribution in [0.25, 0.3) is 11.0 Å². The van der Waals surface area contributed by atoms with E-state index in [0.29, 0.717) is 23.0 Å². The molecule has 0 unspecified atom stereocenters. The smallest absolute Gasteiger partial charge is 0.349 e. The average Bonchev–Trinajstić information content (AvgIpc) is 2.72. The van der Waals surface area contributed by atoms with Crippen molar-refractivity contribution in [2.75, 3.05) is 13.2 Å². The van der Waals surface area contributed by atoms with Gasteiger partial charge >= 0.3 is 11.6 Å². The molecule has 0 bridgehead atoms. The van der Waals surface area contributed by atoms with Gasteiger partial charge in [0.25, 0.3) is 11.6 Å². The number of para-hydroxylation sites is 1. The van der Waals surface area contributed by atoms with Crippen LogP contribution in [0.4, 0.5) is 5.69 Å². The summed E-state index contributed by atoms with van der Waals surface area (Å²) in [4.78, 5) is 46.6. The Kier molecular flexibility index (Phi) is 6.21. The van der Waals surface area contributed by atoms with Crippen molar-refractivity contribution in [1.82, 2.24) is 5.32 Å². The number of hydrogen-bond acceptors (Lipinski definition) is 7. The SMILES string of the molecule is Cc1ccc(C(=O)OCCCNC(=O)c2cc3ccccc3oc2=O)cc1[N+](=O)[O-]. The zero-order valence-electron chi connectivity index (χ0n) is 16.0. The number of rotatable bonds is 7. The Morgan fingerprint density at radius 1 is 1.17 bits per heavy atom. The van der Waals surface area contributed by atoms with Crippen LogP contribution in [0.5, 0.6) is 0 Å². The first-order valence-electron chi connectivity index (χ1n) is 9.10. The number of aryl methyl sites for hydroxylation is 1. The highest BCUT2D eigenvalue weighted by atomic mass is 16.6. The van der Waals surface area contributed by atoms with Crippen LogP contribution < -0.4 is 10.9 Å². The minimum atomic E-state index is -0.737. The number of carbonyl (C=O) groups is 2. The fourth-order valence-corrected chi connectivity index (χ4v) is 2.77. The lowest BCUT2D eigenvalue weighted by Crippen LogP contribution is -2.29. The van der Waals surface area contributed by atoms with E-state index in [0.717, 1.165) is 0 Å². The maximum atomic E-state index is 12.2. The fourth-order valence-electron chi connectivity index (χ4n) is 2.77. The van der Waals surface area contributed by atoms with Crippen molar-refractivity contribution in [2.45, 2.75) is 13.3 Å². The lowest BCUT2D eigenvalue weighted by atomic mass is 10.1. The quantitative estimate of drug-likeness (QED) is 0.208. The molecule has 9 nitrogen and oxygen atoms in total. The van der Waals surface area contributed by atoms with Crippen molar-refractivity contribution in [1.29, 1.82) is 0 Å². The van der Waals surface area contributed by atoms with Crippen LogP contribution in [-0.4, -0.2) is 30.0 Å². The predicted molar refractivity (Wildman–Crippen MR) is 108 cm³/mol. The molecule has 1 N–H and O–H groups in total. The van der Waals surface area contributed by atoms with Crippen molar-refractivity contribution < 1.29 is 23.7 Å². The summed E-state index contributed by atoms with van der Waals surface area (Å²) in [6.07, 6.45) is 0.296. The second kappa shape index (κ2) is 8.99. The largest absolute Gasteiger partial charge is 0.462 e. The van der Waals surface area contributed by atoms with Gasteiger partial charge in [-0.15, -0.1) is 0 Å². The van der Waals surface area contributed by atoms with E-state index in [1.807, 2.05) is 0 Å². The highest BCUT2D eigenvalue weighted by Gasteiger charge is 2.16. The molecular formula is C21H18N2O7. The van der Waals surface area contributed by atoms with Gasteiger partial charge in [-0.25, -0.2) is 9.59 Å². The third-order valence-corrected chi connectivity index (χ3v) is 4.37. The molecule has 0 spiro atoms. The van der Waals surface area contributed by atoms with Crippen LogP contribution in [0.1, 0.15) is 32.7 Å². The van der Waals surface area contributed by atoms with Crippen LogP contribution >= 0.6 is 0 Å². The van der Waals surface area contributed by atoms with Gasteiger partial charge in [-0.2, -0.15) is 0 Å². The number of amides is 1. The van der Waals surface area contributed by atoms with E-state index in [-0.39, 0.29) is 30.0 Å². The number of benzene rings is 2. The molecule has 154 valence electrons. The fraction of sp³-hybridized carbons (Fsp3) is 0.190. The molecule has 9 heteroatoms. The molecule has 3 rings (SSSR count). The number of fused-ring (bicyclic) bond motifs is 1. The number of carbonyl (C=O) groups excluding carboxylic acids is 2. The van der Waals surface area contributed by atoms with Crippen LogP contribution in [0, 0.1) is 17.0 Å². The molecule has 0 radical (unpaired) electrons. The summed E-state index contributed by atoms with van der Waals surface area (Å²) in [5.41, 5.74) is -0.105. The molecule has 0 saturated carbocycles. The predicted octanol–water partition coefficient (Wildman–Crippen LogP) is 2.99. The van der Waals surface area contributed by atoms with E-state index >= 15 is 0 Å². The minimum Gasteiger partial charge on any atom is -0.462 e. The van der Waals surface area contributed by atoms with Gasteiger partial charge in [0.15, 0.2) is 0 Å². The van der Waals surface area contributed by atoms with E-state index in [1.54, 1.807) is 31.2 Å². The Morgan fingerprint density at radius 2 is 1.93 bits per heavy atom. The Hall–Kier alpha value is -4.01. The third kappa shape index (κ3) is 4.69. The molecule has 1 aromatic heterocycles. The molecule has 0 atom stereocenters. The van der Waals surface area contributed by atoms with E-state index in [1.165, 1.54) is 24.3 Å². The number of nitrogens with zero attached hydrogens (tertiary/aromatic N) is 1. The van der Waals surface area contributed by atoms with Gasteiger partial charge in [-0.1, -0.05) is 24.3 Å². The molecule has 0 aliphatic carbocycles. The average molecular weight is 410 g/mol. The molecule has 0 saturated heterocycles. The molecule has 0 aliphatic heterocycles. The van der Waals surface area contributed by atoms with E-state index in [9.17, 15) is 24.5 Å². The number of nitrogens with one attached hydrogen (secondary N) is 1. The van der Waals surface area contributed by atoms with Crippen molar-refractivity contribution >= 4 is 28.5 Å². The van der Waals surface area contributed by atoms with Gasteiger partial charge in [0.1, 0.15) is 11.1 Å². The molecule has 1 heterocycles. The van der Waals surface area contributed by atoms with Crippen LogP contribution in [0.3, 0.4) is 0 Å². The highest BCUT2D eigenvalue weighted by Crippen LogP contribution is 2.19. The van der Waals surface area contributed by atoms with Crippen molar-refractivity contribution in [3.05, 3.63) is 85.8 Å². The summed E-state index contributed by atoms with van der Waals surface area (Å²) in [6.45, 7) is 1.73. The van der Waals surface area contributed by atoms with Gasteiger partial charge < -0.3 is 14.5 Å². The molecule has 2 aromatic carbocycles. The first-order chi connectivity index (χ1) is 14.4. The Labute approximate surface area is 170 Å². The van der Waals surface area contributed by atoms with Gasteiger partial charge in [0, 0.05) is 23.6 Å². The summed E-state index contributed by atoms with van der Waals surface area (Å²) in [5, 5.41) is 14.2. The van der Waals surface area contributed by atoms with Crippen LogP contribution in [0.15, 0.2) is 57.7 Å². The zero-order chi connectivity index (χ0) is 21.7. The summed E-state index contributed by atoms with van der Waals surface area (Å²) in [6, 6.07) is 12.4. The summed E-state index contributed by atoms with van der Waals surface area (Å²) in [7, 11) is 0. The monoisotopic (exact) mass is 410 g/mol. The molecule has 0 fully saturated rings. The topological polar surface area (TPSA) is 129 Å². The lowest BCUT2D eigenvalue weighted by Gasteiger charge is -2.07. The van der Waals surface area contributed by atoms with Crippen molar-refractivity contribution in [2.24, 2.45) is 0 Å². The van der Waals surface area contributed by atoms with Gasteiger partial charge in [0.05, 0.1) is 17.1 Å². The van der Waals surface area contributed by atoms with Crippen molar-refractivity contribution in [3.63, 3.8) is 0 Å².